The Bertz CT molecular complexity index is 4630. The molecule has 15 aromatic rings. The first-order valence-corrected chi connectivity index (χ1v) is 29.5. The molecule has 0 saturated carbocycles. The first-order chi connectivity index (χ1) is 41.7. The van der Waals surface area contributed by atoms with Gasteiger partial charge in [0, 0.05) is 53.7 Å². The zero-order valence-corrected chi connectivity index (χ0v) is 46.8. The van der Waals surface area contributed by atoms with Gasteiger partial charge in [-0.15, -0.1) is 11.3 Å². The van der Waals surface area contributed by atoms with E-state index in [2.05, 4.69) is 348 Å². The van der Waals surface area contributed by atoms with E-state index in [9.17, 15) is 0 Å². The van der Waals surface area contributed by atoms with Gasteiger partial charge in [0.25, 0.3) is 0 Å². The predicted octanol–water partition coefficient (Wildman–Crippen LogP) is 23.4. The van der Waals surface area contributed by atoms with Crippen LogP contribution >= 0.6 is 11.3 Å². The summed E-state index contributed by atoms with van der Waals surface area (Å²) in [5.74, 6) is 0. The molecule has 0 fully saturated rings. The lowest BCUT2D eigenvalue weighted by molar-refractivity contribution is 1.23. The Balaban J connectivity index is 0.987. The molecule has 0 unspecified atom stereocenters. The molecule has 1 heterocycles. The average Bonchev–Trinajstić information content (AvgIpc) is 2.74. The lowest BCUT2D eigenvalue weighted by Crippen LogP contribution is -2.16. The summed E-state index contributed by atoms with van der Waals surface area (Å²) >= 11 is 1.85. The third-order valence-electron chi connectivity index (χ3n) is 16.2. The fraction of sp³-hybridized carbons (Fsp3) is 0. The van der Waals surface area contributed by atoms with Crippen LogP contribution in [0.1, 0.15) is 0 Å². The Morgan fingerprint density at radius 1 is 0.179 bits per heavy atom. The van der Waals surface area contributed by atoms with Crippen molar-refractivity contribution in [3.8, 4) is 44.5 Å². The van der Waals surface area contributed by atoms with Gasteiger partial charge in [0.1, 0.15) is 0 Å². The van der Waals surface area contributed by atoms with Crippen molar-refractivity contribution in [1.29, 1.82) is 0 Å². The van der Waals surface area contributed by atoms with Crippen molar-refractivity contribution in [3.63, 3.8) is 0 Å². The fourth-order valence-electron chi connectivity index (χ4n) is 12.3. The Morgan fingerprint density at radius 3 is 0.988 bits per heavy atom. The van der Waals surface area contributed by atoms with Crippen molar-refractivity contribution in [2.45, 2.75) is 0 Å². The summed E-state index contributed by atoms with van der Waals surface area (Å²) in [5, 5.41) is 7.25. The van der Waals surface area contributed by atoms with Gasteiger partial charge in [-0.25, -0.2) is 0 Å². The first-order valence-electron chi connectivity index (χ1n) is 28.6. The highest BCUT2D eigenvalue weighted by molar-refractivity contribution is 7.25. The molecule has 0 aliphatic carbocycles. The van der Waals surface area contributed by atoms with Crippen molar-refractivity contribution < 1.29 is 0 Å². The lowest BCUT2D eigenvalue weighted by Gasteiger charge is -2.34. The monoisotopic (exact) mass is 1090 g/mol. The summed E-state index contributed by atoms with van der Waals surface area (Å²) in [5.41, 5.74) is 18.7. The van der Waals surface area contributed by atoms with Crippen molar-refractivity contribution in [2.24, 2.45) is 0 Å². The molecule has 0 bridgehead atoms. The van der Waals surface area contributed by atoms with Gasteiger partial charge in [0.05, 0.1) is 28.4 Å². The molecule has 0 spiro atoms. The summed E-state index contributed by atoms with van der Waals surface area (Å²) in [6.45, 7) is 0. The van der Waals surface area contributed by atoms with Crippen LogP contribution in [0.2, 0.25) is 0 Å². The van der Waals surface area contributed by atoms with E-state index in [1.54, 1.807) is 0 Å². The average molecular weight is 1090 g/mol. The minimum atomic E-state index is 0.992. The fourth-order valence-corrected chi connectivity index (χ4v) is 13.3. The molecule has 0 radical (unpaired) electrons. The van der Waals surface area contributed by atoms with Gasteiger partial charge in [-0.1, -0.05) is 237 Å². The van der Waals surface area contributed by atoms with Crippen molar-refractivity contribution in [2.75, 3.05) is 14.7 Å². The van der Waals surface area contributed by atoms with Crippen molar-refractivity contribution in [1.82, 2.24) is 0 Å². The Kier molecular flexibility index (Phi) is 13.1. The largest absolute Gasteiger partial charge is 0.310 e. The van der Waals surface area contributed by atoms with E-state index < -0.39 is 0 Å². The normalized spacial score (nSPS) is 11.3. The third-order valence-corrected chi connectivity index (χ3v) is 17.4. The minimum absolute atomic E-state index is 0.992. The Morgan fingerprint density at radius 2 is 0.512 bits per heavy atom. The van der Waals surface area contributed by atoms with Crippen LogP contribution < -0.4 is 14.7 Å². The van der Waals surface area contributed by atoms with Gasteiger partial charge in [0.2, 0.25) is 0 Å². The molecule has 15 rings (SSSR count). The highest BCUT2D eigenvalue weighted by atomic mass is 32.1. The zero-order valence-electron chi connectivity index (χ0n) is 46.0. The standard InChI is InChI=1S/C80H55N3S/c1-6-22-56(23-7-1)57-38-43-64(44-39-57)81(65-45-40-58(41-46-65)61-42-51-80-76(52-61)75-36-20-21-37-79(75)84-80)66-53-67(82(62-28-12-4-13-29-62)77-49-47-69(59-24-8-2-9-25-59)71-32-16-18-34-73(71)77)55-68(54-66)83(63-30-14-5-15-31-63)78-50-48-70(60-26-10-3-11-27-60)72-33-17-19-35-74(72)78/h1-55H. The molecule has 4 heteroatoms. The number of thiophene rings is 1. The number of hydrogen-bond donors (Lipinski definition) is 0. The van der Waals surface area contributed by atoms with Crippen LogP contribution in [0.4, 0.5) is 51.2 Å². The van der Waals surface area contributed by atoms with E-state index >= 15 is 0 Å². The number of fused-ring (bicyclic) bond motifs is 5. The maximum absolute atomic E-state index is 2.45. The number of hydrogen-bond acceptors (Lipinski definition) is 4. The second kappa shape index (κ2) is 21.9. The molecule has 0 atom stereocenters. The third kappa shape index (κ3) is 9.41. The maximum Gasteiger partial charge on any atom is 0.0540 e. The Labute approximate surface area is 494 Å². The quantitative estimate of drug-likeness (QED) is 0.114. The molecular formula is C80H55N3S. The van der Waals surface area contributed by atoms with Crippen LogP contribution in [-0.4, -0.2) is 0 Å². The number of para-hydroxylation sites is 2. The van der Waals surface area contributed by atoms with E-state index in [-0.39, 0.29) is 0 Å². The number of anilines is 9. The molecule has 84 heavy (non-hydrogen) atoms. The summed E-state index contributed by atoms with van der Waals surface area (Å²) < 4.78 is 2.61. The first kappa shape index (κ1) is 50.2. The van der Waals surface area contributed by atoms with E-state index in [4.69, 9.17) is 0 Å². The van der Waals surface area contributed by atoms with Crippen LogP contribution in [0.15, 0.2) is 334 Å². The molecule has 0 N–H and O–H groups in total. The van der Waals surface area contributed by atoms with Gasteiger partial charge in [-0.2, -0.15) is 0 Å². The second-order valence-corrected chi connectivity index (χ2v) is 22.3. The lowest BCUT2D eigenvalue weighted by atomic mass is 9.96. The zero-order chi connectivity index (χ0) is 55.8. The molecule has 0 aliphatic heterocycles. The van der Waals surface area contributed by atoms with Crippen LogP contribution in [0, 0.1) is 0 Å². The van der Waals surface area contributed by atoms with E-state index in [1.807, 2.05) is 11.3 Å². The van der Waals surface area contributed by atoms with E-state index in [1.165, 1.54) is 64.3 Å². The van der Waals surface area contributed by atoms with Crippen molar-refractivity contribution in [3.05, 3.63) is 334 Å². The van der Waals surface area contributed by atoms with Gasteiger partial charge in [0.15, 0.2) is 0 Å². The molecule has 1 aromatic heterocycles. The SMILES string of the molecule is c1ccc(-c2ccc(N(c3ccc(-c4ccc5sc6ccccc6c5c4)cc3)c3cc(N(c4ccccc4)c4ccc(-c5ccccc5)c5ccccc45)cc(N(c4ccccc4)c4ccc(-c5ccccc5)c5ccccc45)c3)cc2)cc1. The molecule has 396 valence electrons. The van der Waals surface area contributed by atoms with Gasteiger partial charge < -0.3 is 14.7 Å². The van der Waals surface area contributed by atoms with Crippen LogP contribution in [0.25, 0.3) is 86.2 Å². The minimum Gasteiger partial charge on any atom is -0.310 e. The highest BCUT2D eigenvalue weighted by Crippen LogP contribution is 2.50. The van der Waals surface area contributed by atoms with Crippen LogP contribution in [0.5, 0.6) is 0 Å². The number of rotatable bonds is 13. The summed E-state index contributed by atoms with van der Waals surface area (Å²) in [6.07, 6.45) is 0. The molecular weight excluding hydrogens is 1030 g/mol. The molecule has 0 amide bonds. The van der Waals surface area contributed by atoms with Crippen LogP contribution in [-0.2, 0) is 0 Å². The second-order valence-electron chi connectivity index (χ2n) is 21.2. The van der Waals surface area contributed by atoms with Gasteiger partial charge in [-0.05, 0) is 152 Å². The smallest absolute Gasteiger partial charge is 0.0540 e. The van der Waals surface area contributed by atoms with E-state index in [0.717, 1.165) is 73.1 Å². The van der Waals surface area contributed by atoms with E-state index in [0.29, 0.717) is 0 Å². The maximum atomic E-state index is 2.45. The van der Waals surface area contributed by atoms with Gasteiger partial charge >= 0.3 is 0 Å². The Hall–Kier alpha value is -10.8. The number of benzene rings is 14. The van der Waals surface area contributed by atoms with Crippen LogP contribution in [0.3, 0.4) is 0 Å². The van der Waals surface area contributed by atoms with Crippen molar-refractivity contribution >= 4 is 104 Å². The molecule has 3 nitrogen and oxygen atoms in total. The summed E-state index contributed by atoms with van der Waals surface area (Å²) in [4.78, 5) is 7.34. The summed E-state index contributed by atoms with van der Waals surface area (Å²) in [7, 11) is 0. The molecule has 14 aromatic carbocycles. The van der Waals surface area contributed by atoms with Gasteiger partial charge in [-0.3, -0.25) is 0 Å². The molecule has 0 aliphatic rings. The molecule has 0 saturated heterocycles. The highest BCUT2D eigenvalue weighted by Gasteiger charge is 2.25. The topological polar surface area (TPSA) is 9.72 Å². The number of nitrogens with zero attached hydrogens (tertiary/aromatic N) is 3. The predicted molar refractivity (Wildman–Crippen MR) is 360 cm³/mol. The summed E-state index contributed by atoms with van der Waals surface area (Å²) in [6, 6.07) is 122.